The Labute approximate surface area is 73.8 Å². The molecule has 0 saturated carbocycles. The minimum atomic E-state index is -0.0905. The third-order valence-corrected chi connectivity index (χ3v) is 1.83. The van der Waals surface area contributed by atoms with Crippen LogP contribution in [0.3, 0.4) is 0 Å². The van der Waals surface area contributed by atoms with E-state index in [2.05, 4.69) is 8.29 Å². The molecule has 1 N–H and O–H groups in total. The van der Waals surface area contributed by atoms with Crippen LogP contribution in [-0.4, -0.2) is 10.9 Å². The summed E-state index contributed by atoms with van der Waals surface area (Å²) in [5.41, 5.74) is 0.484. The summed E-state index contributed by atoms with van der Waals surface area (Å²) in [7, 11) is 0. The van der Waals surface area contributed by atoms with E-state index in [4.69, 9.17) is 0 Å². The molecule has 0 aromatic carbocycles. The van der Waals surface area contributed by atoms with E-state index in [0.717, 1.165) is 0 Å². The molecule has 0 aliphatic carbocycles. The maximum absolute atomic E-state index is 10.9. The number of nitrogens with one attached hydrogen (secondary N) is 1. The van der Waals surface area contributed by atoms with Gasteiger partial charge in [-0.2, -0.15) is 0 Å². The summed E-state index contributed by atoms with van der Waals surface area (Å²) in [6.45, 7) is 0. The van der Waals surface area contributed by atoms with Gasteiger partial charge in [0.25, 0.3) is 0 Å². The van der Waals surface area contributed by atoms with Gasteiger partial charge in [0.1, 0.15) is 0 Å². The van der Waals surface area contributed by atoms with Crippen LogP contribution in [0.5, 0.6) is 0 Å². The molecule has 0 unspecified atom stereocenters. The van der Waals surface area contributed by atoms with Crippen LogP contribution < -0.4 is 3.30 Å². The van der Waals surface area contributed by atoms with Crippen LogP contribution in [0.25, 0.3) is 0 Å². The monoisotopic (exact) mass is 301 g/mol. The number of hydrogen-bond acceptors (Lipinski definition) is 2. The SMILES string of the molecule is O=C([NH][Hf])c1ccccn1. The summed E-state index contributed by atoms with van der Waals surface area (Å²) in [6.07, 6.45) is 1.60. The van der Waals surface area contributed by atoms with Crippen LogP contribution in [0.15, 0.2) is 24.4 Å². The van der Waals surface area contributed by atoms with Gasteiger partial charge in [-0.05, 0) is 0 Å². The first kappa shape index (κ1) is 7.60. The Morgan fingerprint density at radius 1 is 1.60 bits per heavy atom. The van der Waals surface area contributed by atoms with E-state index < -0.39 is 0 Å². The Morgan fingerprint density at radius 3 is 2.90 bits per heavy atom. The van der Waals surface area contributed by atoms with Crippen LogP contribution >= 0.6 is 0 Å². The van der Waals surface area contributed by atoms with E-state index in [9.17, 15) is 4.79 Å². The fourth-order valence-corrected chi connectivity index (χ4v) is 1.02. The number of carbonyl (C=O) groups excluding carboxylic acids is 1. The molecule has 1 heterocycles. The number of aromatic nitrogens is 1. The van der Waals surface area contributed by atoms with Crippen molar-refractivity contribution < 1.29 is 29.5 Å². The average molecular weight is 300 g/mol. The van der Waals surface area contributed by atoms with Gasteiger partial charge >= 0.3 is 73.7 Å². The van der Waals surface area contributed by atoms with E-state index in [1.165, 1.54) is 0 Å². The van der Waals surface area contributed by atoms with Gasteiger partial charge in [0, 0.05) is 0 Å². The first-order chi connectivity index (χ1) is 4.84. The normalized spacial score (nSPS) is 8.70. The van der Waals surface area contributed by atoms with Gasteiger partial charge in [-0.3, -0.25) is 0 Å². The molecule has 4 heteroatoms. The Balaban J connectivity index is 2.85. The molecule has 1 rings (SSSR count). The van der Waals surface area contributed by atoms with Crippen LogP contribution in [0.4, 0.5) is 0 Å². The van der Waals surface area contributed by atoms with Crippen molar-refractivity contribution >= 4 is 5.91 Å². The third kappa shape index (κ3) is 1.73. The van der Waals surface area contributed by atoms with Gasteiger partial charge < -0.3 is 0 Å². The van der Waals surface area contributed by atoms with Gasteiger partial charge in [0.2, 0.25) is 0 Å². The molecule has 0 radical (unpaired) electrons. The number of amides is 1. The summed E-state index contributed by atoms with van der Waals surface area (Å²) in [6, 6.07) is 5.26. The van der Waals surface area contributed by atoms with Crippen molar-refractivity contribution in [3.63, 3.8) is 0 Å². The van der Waals surface area contributed by atoms with E-state index in [1.807, 2.05) is 0 Å². The quantitative estimate of drug-likeness (QED) is 0.757. The van der Waals surface area contributed by atoms with Crippen LogP contribution in [0, 0.1) is 0 Å². The number of nitrogens with zero attached hydrogens (tertiary/aromatic N) is 1. The molecular formula is C6H5HfN2O. The molecule has 1 aromatic rings. The van der Waals surface area contributed by atoms with Crippen LogP contribution in [0.1, 0.15) is 10.5 Å². The zero-order valence-electron chi connectivity index (χ0n) is 5.16. The van der Waals surface area contributed by atoms with Crippen LogP contribution in [-0.2, 0) is 24.7 Å². The molecule has 0 spiro atoms. The Morgan fingerprint density at radius 2 is 2.40 bits per heavy atom. The summed E-state index contributed by atoms with van der Waals surface area (Å²) in [5, 5.41) is 0. The van der Waals surface area contributed by atoms with Gasteiger partial charge in [-0.1, -0.05) is 0 Å². The molecule has 49 valence electrons. The topological polar surface area (TPSA) is 42.0 Å². The predicted octanol–water partition coefficient (Wildman–Crippen LogP) is 0.273. The van der Waals surface area contributed by atoms with E-state index in [0.29, 0.717) is 30.4 Å². The fraction of sp³-hybridized carbons (Fsp3) is 0. The average Bonchev–Trinajstić information content (AvgIpc) is 2.05. The molecule has 0 saturated heterocycles. The predicted molar refractivity (Wildman–Crippen MR) is 31.7 cm³/mol. The second kappa shape index (κ2) is 3.61. The van der Waals surface area contributed by atoms with Gasteiger partial charge in [0.05, 0.1) is 0 Å². The summed E-state index contributed by atoms with van der Waals surface area (Å²) < 4.78 is 2.62. The molecule has 0 fully saturated rings. The van der Waals surface area contributed by atoms with Crippen molar-refractivity contribution in [1.82, 2.24) is 8.29 Å². The number of carbonyl (C=O) groups is 1. The van der Waals surface area contributed by atoms with Gasteiger partial charge in [0.15, 0.2) is 0 Å². The fourth-order valence-electron chi connectivity index (χ4n) is 0.561. The first-order valence-corrected chi connectivity index (χ1v) is 4.52. The maximum atomic E-state index is 10.9. The second-order valence-corrected chi connectivity index (χ2v) is 2.57. The molecule has 1 aromatic heterocycles. The Hall–Kier alpha value is -0.510. The van der Waals surface area contributed by atoms with Crippen LogP contribution in [0.2, 0.25) is 0 Å². The summed E-state index contributed by atoms with van der Waals surface area (Å²) in [4.78, 5) is 14.7. The van der Waals surface area contributed by atoms with Crippen molar-refractivity contribution in [2.75, 3.05) is 0 Å². The van der Waals surface area contributed by atoms with E-state index >= 15 is 0 Å². The number of rotatable bonds is 1. The van der Waals surface area contributed by atoms with Crippen molar-refractivity contribution in [3.8, 4) is 0 Å². The van der Waals surface area contributed by atoms with Crippen molar-refractivity contribution in [2.24, 2.45) is 0 Å². The van der Waals surface area contributed by atoms with E-state index in [-0.39, 0.29) is 5.91 Å². The first-order valence-electron chi connectivity index (χ1n) is 2.72. The number of hydrogen-bond donors (Lipinski definition) is 1. The van der Waals surface area contributed by atoms with Gasteiger partial charge in [-0.15, -0.1) is 0 Å². The van der Waals surface area contributed by atoms with E-state index in [1.54, 1.807) is 24.4 Å². The zero-order chi connectivity index (χ0) is 7.40. The molecular weight excluding hydrogens is 295 g/mol. The molecule has 0 aliphatic heterocycles. The Kier molecular flexibility index (Phi) is 2.74. The molecule has 10 heavy (non-hydrogen) atoms. The summed E-state index contributed by atoms with van der Waals surface area (Å²) in [5.74, 6) is -0.0905. The molecule has 0 aliphatic rings. The Bertz CT molecular complexity index is 224. The van der Waals surface area contributed by atoms with Crippen molar-refractivity contribution in [1.29, 1.82) is 0 Å². The number of pyridine rings is 1. The molecule has 0 bridgehead atoms. The van der Waals surface area contributed by atoms with Crippen molar-refractivity contribution in [3.05, 3.63) is 30.1 Å². The van der Waals surface area contributed by atoms with Gasteiger partial charge in [-0.25, -0.2) is 0 Å². The summed E-state index contributed by atoms with van der Waals surface area (Å²) >= 11 is 0.668. The molecule has 1 amide bonds. The second-order valence-electron chi connectivity index (χ2n) is 1.67. The molecule has 3 nitrogen and oxygen atoms in total. The minimum absolute atomic E-state index is 0.0905. The third-order valence-electron chi connectivity index (χ3n) is 1.01. The molecule has 0 atom stereocenters. The zero-order valence-corrected chi connectivity index (χ0v) is 8.76. The standard InChI is InChI=1S/C6H6N2O.Hf/c7-6(9)5-3-1-2-4-8-5;/h1-4H,(H2,7,9);/q;+1/p-1. The van der Waals surface area contributed by atoms with Crippen molar-refractivity contribution in [2.45, 2.75) is 0 Å².